The molecule has 0 heterocycles. The molecule has 5 nitrogen and oxygen atoms in total. The average molecular weight is 412 g/mol. The number of carbonyl (C=O) groups is 1. The molecule has 0 saturated heterocycles. The van der Waals surface area contributed by atoms with Crippen molar-refractivity contribution in [1.82, 2.24) is 0 Å². The third-order valence-corrected chi connectivity index (χ3v) is 12.1. The highest BCUT2D eigenvalue weighted by molar-refractivity contribution is 7.93. The average Bonchev–Trinajstić information content (AvgIpc) is 2.88. The molecule has 1 aromatic rings. The monoisotopic (exact) mass is 412 g/mol. The molecule has 7 heteroatoms. The highest BCUT2D eigenvalue weighted by Crippen LogP contribution is 2.65. The number of carbonyl (C=O) groups excluding carboxylic acids is 1. The number of hydrogen-bond acceptors (Lipinski definition) is 5. The van der Waals surface area contributed by atoms with Gasteiger partial charge in [0.05, 0.1) is 11.2 Å². The van der Waals surface area contributed by atoms with Gasteiger partial charge in [-0.15, -0.1) is 0 Å². The third-order valence-electron chi connectivity index (χ3n) is 6.76. The van der Waals surface area contributed by atoms with Crippen molar-refractivity contribution < 1.29 is 21.7 Å². The van der Waals surface area contributed by atoms with E-state index in [0.29, 0.717) is 18.1 Å². The minimum Gasteiger partial charge on any atom is -0.299 e. The molecule has 2 bridgehead atoms. The van der Waals surface area contributed by atoms with E-state index in [2.05, 4.69) is 0 Å². The van der Waals surface area contributed by atoms with E-state index >= 15 is 0 Å². The maximum absolute atomic E-state index is 13.8. The van der Waals surface area contributed by atoms with Gasteiger partial charge in [0, 0.05) is 16.9 Å². The molecule has 3 atom stereocenters. The zero-order valence-electron chi connectivity index (χ0n) is 16.7. The second-order valence-electron chi connectivity index (χ2n) is 9.50. The Morgan fingerprint density at radius 3 is 2.22 bits per heavy atom. The fraction of sp³-hybridized carbons (Fsp3) is 0.650. The van der Waals surface area contributed by atoms with Crippen LogP contribution in [0.1, 0.15) is 53.9 Å². The standard InChI is InChI=1S/C20H29O5PS/c1-18(2,3)26(22,16-9-7-6-8-10-16)25-27(23,24)14-20-12-11-15(13-17(20)21)19(20,4)5/h6-10,15H,11-14H2,1-5H3/t15-,20-,26+/m1/s1. The van der Waals surface area contributed by atoms with Gasteiger partial charge in [0.25, 0.3) is 17.5 Å². The van der Waals surface area contributed by atoms with E-state index in [1.165, 1.54) is 0 Å². The molecule has 0 radical (unpaired) electrons. The lowest BCUT2D eigenvalue weighted by Gasteiger charge is -2.37. The predicted molar refractivity (Wildman–Crippen MR) is 107 cm³/mol. The van der Waals surface area contributed by atoms with Crippen LogP contribution < -0.4 is 5.30 Å². The van der Waals surface area contributed by atoms with Crippen LogP contribution in [0.2, 0.25) is 0 Å². The van der Waals surface area contributed by atoms with Crippen LogP contribution in [-0.2, 0) is 23.4 Å². The van der Waals surface area contributed by atoms with E-state index in [1.54, 1.807) is 51.1 Å². The van der Waals surface area contributed by atoms with Crippen LogP contribution in [0, 0.1) is 16.7 Å². The number of Topliss-reactive ketones (excluding diaryl/α,β-unsaturated/α-hetero) is 1. The van der Waals surface area contributed by atoms with Gasteiger partial charge < -0.3 is 0 Å². The SMILES string of the molecule is CC1(C)[C@@H]2CC[C@@]1(CS(=O)(=O)O[P@@](=O)(c1ccccc1)C(C)(C)C)C(=O)C2. The van der Waals surface area contributed by atoms with E-state index in [1.807, 2.05) is 13.8 Å². The van der Waals surface area contributed by atoms with Gasteiger partial charge in [-0.1, -0.05) is 52.8 Å². The van der Waals surface area contributed by atoms with Crippen LogP contribution in [-0.4, -0.2) is 25.1 Å². The first kappa shape index (κ1) is 20.8. The van der Waals surface area contributed by atoms with Crippen LogP contribution >= 0.6 is 7.37 Å². The van der Waals surface area contributed by atoms with E-state index < -0.39 is 33.8 Å². The van der Waals surface area contributed by atoms with Crippen LogP contribution in [0.15, 0.2) is 30.3 Å². The summed E-state index contributed by atoms with van der Waals surface area (Å²) in [5.74, 6) is -0.181. The van der Waals surface area contributed by atoms with Crippen molar-refractivity contribution in [3.63, 3.8) is 0 Å². The van der Waals surface area contributed by atoms with Crippen molar-refractivity contribution in [2.45, 2.75) is 59.0 Å². The van der Waals surface area contributed by atoms with Gasteiger partial charge in [-0.25, -0.2) is 3.97 Å². The zero-order chi connectivity index (χ0) is 20.3. The van der Waals surface area contributed by atoms with Crippen molar-refractivity contribution in [3.05, 3.63) is 30.3 Å². The molecule has 1 aromatic carbocycles. The number of benzene rings is 1. The summed E-state index contributed by atoms with van der Waals surface area (Å²) < 4.78 is 45.5. The fourth-order valence-corrected chi connectivity index (χ4v) is 10.1. The lowest BCUT2D eigenvalue weighted by molar-refractivity contribution is -0.128. The Morgan fingerprint density at radius 2 is 1.78 bits per heavy atom. The zero-order valence-corrected chi connectivity index (χ0v) is 18.4. The van der Waals surface area contributed by atoms with Gasteiger partial charge in [0.2, 0.25) is 0 Å². The Labute approximate surface area is 162 Å². The fourth-order valence-electron chi connectivity index (χ4n) is 4.76. The Hall–Kier alpha value is -0.970. The summed E-state index contributed by atoms with van der Waals surface area (Å²) in [6.45, 7) is 9.10. The predicted octanol–water partition coefficient (Wildman–Crippen LogP) is 4.13. The normalized spacial score (nSPS) is 29.7. The molecule has 0 amide bonds. The van der Waals surface area contributed by atoms with Gasteiger partial charge in [0.15, 0.2) is 0 Å². The summed E-state index contributed by atoms with van der Waals surface area (Å²) in [5.41, 5.74) is -1.32. The van der Waals surface area contributed by atoms with Gasteiger partial charge in [-0.2, -0.15) is 8.42 Å². The third kappa shape index (κ3) is 3.14. The van der Waals surface area contributed by atoms with Crippen molar-refractivity contribution in [1.29, 1.82) is 0 Å². The number of ketones is 1. The Kier molecular flexibility index (Phi) is 4.82. The van der Waals surface area contributed by atoms with Crippen molar-refractivity contribution >= 4 is 28.6 Å². The van der Waals surface area contributed by atoms with Crippen LogP contribution in [0.25, 0.3) is 0 Å². The summed E-state index contributed by atoms with van der Waals surface area (Å²) in [7, 11) is -7.91. The molecule has 27 heavy (non-hydrogen) atoms. The van der Waals surface area contributed by atoms with Gasteiger partial charge in [-0.05, 0) is 36.3 Å². The lowest BCUT2D eigenvalue weighted by Crippen LogP contribution is -2.43. The van der Waals surface area contributed by atoms with E-state index in [4.69, 9.17) is 3.97 Å². The lowest BCUT2D eigenvalue weighted by atomic mass is 9.70. The highest BCUT2D eigenvalue weighted by atomic mass is 32.2. The largest absolute Gasteiger partial charge is 0.299 e. The molecule has 0 spiro atoms. The second-order valence-corrected chi connectivity index (χ2v) is 14.5. The maximum Gasteiger partial charge on any atom is 0.274 e. The number of rotatable bonds is 5. The number of hydrogen-bond donors (Lipinski definition) is 0. The van der Waals surface area contributed by atoms with Crippen molar-refractivity contribution in [3.8, 4) is 0 Å². The van der Waals surface area contributed by atoms with Gasteiger partial charge in [-0.3, -0.25) is 9.36 Å². The first-order chi connectivity index (χ1) is 12.3. The molecule has 0 aromatic heterocycles. The quantitative estimate of drug-likeness (QED) is 0.680. The summed E-state index contributed by atoms with van der Waals surface area (Å²) in [5, 5.41) is -0.521. The van der Waals surface area contributed by atoms with Crippen LogP contribution in [0.3, 0.4) is 0 Å². The summed E-state index contributed by atoms with van der Waals surface area (Å²) in [4.78, 5) is 12.7. The molecule has 2 fully saturated rings. The van der Waals surface area contributed by atoms with E-state index in [0.717, 1.165) is 6.42 Å². The second kappa shape index (κ2) is 6.27. The molecular formula is C20H29O5PS. The van der Waals surface area contributed by atoms with Gasteiger partial charge >= 0.3 is 0 Å². The molecule has 0 aliphatic heterocycles. The molecule has 2 saturated carbocycles. The minimum atomic E-state index is -4.19. The Bertz CT molecular complexity index is 898. The van der Waals surface area contributed by atoms with Crippen molar-refractivity contribution in [2.24, 2.45) is 16.7 Å². The summed E-state index contributed by atoms with van der Waals surface area (Å²) >= 11 is 0. The Morgan fingerprint density at radius 1 is 1.19 bits per heavy atom. The molecular weight excluding hydrogens is 383 g/mol. The van der Waals surface area contributed by atoms with E-state index in [9.17, 15) is 17.8 Å². The molecule has 3 rings (SSSR count). The summed E-state index contributed by atoms with van der Waals surface area (Å²) in [6.07, 6.45) is 1.83. The smallest absolute Gasteiger partial charge is 0.274 e. The highest BCUT2D eigenvalue weighted by Gasteiger charge is 2.66. The van der Waals surface area contributed by atoms with Crippen molar-refractivity contribution in [2.75, 3.05) is 5.75 Å². The Balaban J connectivity index is 1.98. The van der Waals surface area contributed by atoms with Crippen LogP contribution in [0.5, 0.6) is 0 Å². The molecule has 2 aliphatic carbocycles. The summed E-state index contributed by atoms with van der Waals surface area (Å²) in [6, 6.07) is 8.48. The first-order valence-corrected chi connectivity index (χ1v) is 12.6. The van der Waals surface area contributed by atoms with Crippen LogP contribution in [0.4, 0.5) is 0 Å². The topological polar surface area (TPSA) is 77.5 Å². The van der Waals surface area contributed by atoms with Gasteiger partial charge in [0.1, 0.15) is 5.78 Å². The maximum atomic E-state index is 13.8. The molecule has 150 valence electrons. The van der Waals surface area contributed by atoms with E-state index in [-0.39, 0.29) is 17.1 Å². The first-order valence-electron chi connectivity index (χ1n) is 9.38. The molecule has 2 aliphatic rings. The molecule has 0 N–H and O–H groups in total. The minimum absolute atomic E-state index is 0.00114. The molecule has 0 unspecified atom stereocenters. The number of fused-ring (bicyclic) bond motifs is 2.